The van der Waals surface area contributed by atoms with Crippen molar-refractivity contribution in [2.75, 3.05) is 40.5 Å². The van der Waals surface area contributed by atoms with Gasteiger partial charge in [-0.3, -0.25) is 4.79 Å². The molecule has 0 aromatic carbocycles. The predicted octanol–water partition coefficient (Wildman–Crippen LogP) is 0.871. The lowest BCUT2D eigenvalue weighted by Gasteiger charge is -2.29. The third kappa shape index (κ3) is 6.93. The molecule has 0 bridgehead atoms. The first kappa shape index (κ1) is 17.4. The summed E-state index contributed by atoms with van der Waals surface area (Å²) in [5.74, 6) is 0.0616. The average Bonchev–Trinajstić information content (AvgIpc) is 2.27. The van der Waals surface area contributed by atoms with Crippen molar-refractivity contribution in [1.29, 1.82) is 0 Å². The van der Waals surface area contributed by atoms with E-state index in [0.29, 0.717) is 32.7 Å². The van der Waals surface area contributed by atoms with E-state index in [-0.39, 0.29) is 17.4 Å². The molecule has 0 aliphatic carbocycles. The number of methoxy groups -OCH3 is 2. The minimum atomic E-state index is -0.141. The van der Waals surface area contributed by atoms with Crippen molar-refractivity contribution < 1.29 is 14.3 Å². The van der Waals surface area contributed by atoms with E-state index in [1.165, 1.54) is 0 Å². The first-order valence-corrected chi connectivity index (χ1v) is 6.34. The van der Waals surface area contributed by atoms with E-state index in [4.69, 9.17) is 15.2 Å². The minimum absolute atomic E-state index is 0.0616. The minimum Gasteiger partial charge on any atom is -0.383 e. The summed E-state index contributed by atoms with van der Waals surface area (Å²) < 4.78 is 10.0. The number of nitrogens with zero attached hydrogens (tertiary/aromatic N) is 1. The quantitative estimate of drug-likeness (QED) is 0.703. The van der Waals surface area contributed by atoms with Gasteiger partial charge >= 0.3 is 0 Å². The number of carbonyl (C=O) groups excluding carboxylic acids is 1. The summed E-state index contributed by atoms with van der Waals surface area (Å²) in [6.45, 7) is 8.34. The molecule has 0 spiro atoms. The molecule has 0 radical (unpaired) electrons. The van der Waals surface area contributed by atoms with Crippen molar-refractivity contribution in [1.82, 2.24) is 4.90 Å². The van der Waals surface area contributed by atoms with Crippen molar-refractivity contribution in [3.63, 3.8) is 0 Å². The Morgan fingerprint density at radius 3 is 1.94 bits per heavy atom. The zero-order chi connectivity index (χ0) is 14.2. The number of hydrogen-bond donors (Lipinski definition) is 1. The fraction of sp³-hybridized carbons (Fsp3) is 0.923. The van der Waals surface area contributed by atoms with E-state index in [9.17, 15) is 4.79 Å². The van der Waals surface area contributed by atoms with Crippen molar-refractivity contribution in [3.05, 3.63) is 0 Å². The zero-order valence-electron chi connectivity index (χ0n) is 12.4. The Bertz CT molecular complexity index is 231. The smallest absolute Gasteiger partial charge is 0.224 e. The molecule has 1 amide bonds. The highest BCUT2D eigenvalue weighted by atomic mass is 16.5. The summed E-state index contributed by atoms with van der Waals surface area (Å²) in [4.78, 5) is 13.9. The molecular formula is C13H28N2O3. The Kier molecular flexibility index (Phi) is 8.15. The Hall–Kier alpha value is -0.650. The topological polar surface area (TPSA) is 64.8 Å². The predicted molar refractivity (Wildman–Crippen MR) is 72.4 cm³/mol. The van der Waals surface area contributed by atoms with E-state index in [2.05, 4.69) is 0 Å². The number of rotatable bonds is 8. The highest BCUT2D eigenvalue weighted by Crippen LogP contribution is 2.20. The van der Waals surface area contributed by atoms with Crippen LogP contribution in [0, 0.1) is 5.41 Å². The SMILES string of the molecule is COCCN(CCOC)C(=O)CC(N)C(C)(C)C. The van der Waals surface area contributed by atoms with Gasteiger partial charge in [0.2, 0.25) is 5.91 Å². The molecule has 2 N–H and O–H groups in total. The van der Waals surface area contributed by atoms with Crippen LogP contribution in [0.1, 0.15) is 27.2 Å². The molecule has 0 aromatic heterocycles. The van der Waals surface area contributed by atoms with Gasteiger partial charge in [-0.15, -0.1) is 0 Å². The lowest BCUT2D eigenvalue weighted by Crippen LogP contribution is -2.43. The van der Waals surface area contributed by atoms with Crippen LogP contribution >= 0.6 is 0 Å². The number of carbonyl (C=O) groups is 1. The van der Waals surface area contributed by atoms with Crippen molar-refractivity contribution in [3.8, 4) is 0 Å². The summed E-state index contributed by atoms with van der Waals surface area (Å²) in [6, 6.07) is -0.141. The van der Waals surface area contributed by atoms with E-state index in [0.717, 1.165) is 0 Å². The van der Waals surface area contributed by atoms with E-state index in [1.54, 1.807) is 19.1 Å². The van der Waals surface area contributed by atoms with Crippen LogP contribution in [0.3, 0.4) is 0 Å². The Balaban J connectivity index is 4.35. The number of amides is 1. The van der Waals surface area contributed by atoms with Crippen molar-refractivity contribution >= 4 is 5.91 Å². The Morgan fingerprint density at radius 2 is 1.61 bits per heavy atom. The average molecular weight is 260 g/mol. The molecule has 18 heavy (non-hydrogen) atoms. The molecule has 5 heteroatoms. The molecule has 0 fully saturated rings. The van der Waals surface area contributed by atoms with E-state index in [1.807, 2.05) is 20.8 Å². The molecular weight excluding hydrogens is 232 g/mol. The van der Waals surface area contributed by atoms with Crippen LogP contribution in [0.2, 0.25) is 0 Å². The van der Waals surface area contributed by atoms with Crippen molar-refractivity contribution in [2.45, 2.75) is 33.2 Å². The molecule has 5 nitrogen and oxygen atoms in total. The normalized spacial score (nSPS) is 13.4. The summed E-state index contributed by atoms with van der Waals surface area (Å²) in [6.07, 6.45) is 0.358. The van der Waals surface area contributed by atoms with Crippen LogP contribution in [-0.4, -0.2) is 57.4 Å². The molecule has 0 saturated carbocycles. The zero-order valence-corrected chi connectivity index (χ0v) is 12.4. The van der Waals surface area contributed by atoms with Gasteiger partial charge in [0.1, 0.15) is 0 Å². The lowest BCUT2D eigenvalue weighted by molar-refractivity contribution is -0.133. The first-order chi connectivity index (χ1) is 8.32. The molecule has 0 heterocycles. The molecule has 0 rings (SSSR count). The summed E-state index contributed by atoms with van der Waals surface area (Å²) >= 11 is 0. The van der Waals surface area contributed by atoms with Gasteiger partial charge in [-0.1, -0.05) is 20.8 Å². The molecule has 0 aromatic rings. The maximum Gasteiger partial charge on any atom is 0.224 e. The third-order valence-electron chi connectivity index (χ3n) is 2.99. The van der Waals surface area contributed by atoms with Crippen LogP contribution in [0.15, 0.2) is 0 Å². The molecule has 108 valence electrons. The van der Waals surface area contributed by atoms with Crippen LogP contribution in [0.25, 0.3) is 0 Å². The molecule has 0 aliphatic rings. The lowest BCUT2D eigenvalue weighted by atomic mass is 9.85. The van der Waals surface area contributed by atoms with Gasteiger partial charge in [-0.05, 0) is 5.41 Å². The second-order valence-electron chi connectivity index (χ2n) is 5.54. The van der Waals surface area contributed by atoms with Crippen molar-refractivity contribution in [2.24, 2.45) is 11.1 Å². The molecule has 0 saturated heterocycles. The summed E-state index contributed by atoms with van der Waals surface area (Å²) in [5, 5.41) is 0. The fourth-order valence-corrected chi connectivity index (χ4v) is 1.39. The van der Waals surface area contributed by atoms with Gasteiger partial charge in [0.05, 0.1) is 13.2 Å². The van der Waals surface area contributed by atoms with Gasteiger partial charge < -0.3 is 20.1 Å². The maximum atomic E-state index is 12.1. The molecule has 1 atom stereocenters. The largest absolute Gasteiger partial charge is 0.383 e. The summed E-state index contributed by atoms with van der Waals surface area (Å²) in [7, 11) is 3.25. The van der Waals surface area contributed by atoms with Gasteiger partial charge in [0.15, 0.2) is 0 Å². The van der Waals surface area contributed by atoms with Crippen LogP contribution in [0.5, 0.6) is 0 Å². The highest BCUT2D eigenvalue weighted by molar-refractivity contribution is 5.76. The van der Waals surface area contributed by atoms with Gasteiger partial charge in [0, 0.05) is 39.8 Å². The monoisotopic (exact) mass is 260 g/mol. The van der Waals surface area contributed by atoms with Gasteiger partial charge in [0.25, 0.3) is 0 Å². The van der Waals surface area contributed by atoms with Crippen LogP contribution in [-0.2, 0) is 14.3 Å². The van der Waals surface area contributed by atoms with Gasteiger partial charge in [-0.2, -0.15) is 0 Å². The third-order valence-corrected chi connectivity index (χ3v) is 2.99. The summed E-state index contributed by atoms with van der Waals surface area (Å²) in [5.41, 5.74) is 5.97. The first-order valence-electron chi connectivity index (χ1n) is 6.34. The van der Waals surface area contributed by atoms with Crippen LogP contribution in [0.4, 0.5) is 0 Å². The van der Waals surface area contributed by atoms with E-state index < -0.39 is 0 Å². The second-order valence-corrected chi connectivity index (χ2v) is 5.54. The maximum absolute atomic E-state index is 12.1. The second kappa shape index (κ2) is 8.45. The molecule has 1 unspecified atom stereocenters. The number of ether oxygens (including phenoxy) is 2. The van der Waals surface area contributed by atoms with Gasteiger partial charge in [-0.25, -0.2) is 0 Å². The highest BCUT2D eigenvalue weighted by Gasteiger charge is 2.25. The standard InChI is InChI=1S/C13H28N2O3/c1-13(2,3)11(14)10-12(16)15(6-8-17-4)7-9-18-5/h11H,6-10,14H2,1-5H3. The number of hydrogen-bond acceptors (Lipinski definition) is 4. The molecule has 0 aliphatic heterocycles. The van der Waals surface area contributed by atoms with E-state index >= 15 is 0 Å². The Labute approximate surface area is 111 Å². The Morgan fingerprint density at radius 1 is 1.17 bits per heavy atom. The van der Waals surface area contributed by atoms with Crippen LogP contribution < -0.4 is 5.73 Å². The number of nitrogens with two attached hydrogens (primary N) is 1. The fourth-order valence-electron chi connectivity index (χ4n) is 1.39.